The molecule has 1 saturated heterocycles. The first-order valence-corrected chi connectivity index (χ1v) is 8.61. The van der Waals surface area contributed by atoms with Crippen molar-refractivity contribution >= 4 is 15.8 Å². The van der Waals surface area contributed by atoms with Gasteiger partial charge in [-0.15, -0.1) is 0 Å². The van der Waals surface area contributed by atoms with Crippen LogP contribution in [0.1, 0.15) is 24.5 Å². The van der Waals surface area contributed by atoms with Gasteiger partial charge in [-0.25, -0.2) is 18.1 Å². The van der Waals surface area contributed by atoms with Crippen molar-refractivity contribution in [1.82, 2.24) is 14.8 Å². The SMILES string of the molecule is O=C(O)C1CCn2nc(CC3CCS(=O)(=O)C3)nc2C1. The standard InChI is InChI=1S/C12H17N3O4S/c16-12(17)9-1-3-15-11(6-9)13-10(14-15)5-8-2-4-20(18,19)7-8/h8-9H,1-7H2,(H,16,17). The van der Waals surface area contributed by atoms with Crippen molar-refractivity contribution in [1.29, 1.82) is 0 Å². The zero-order valence-electron chi connectivity index (χ0n) is 11.0. The van der Waals surface area contributed by atoms with Crippen LogP contribution in [-0.2, 0) is 34.0 Å². The van der Waals surface area contributed by atoms with E-state index in [-0.39, 0.29) is 23.3 Å². The summed E-state index contributed by atoms with van der Waals surface area (Å²) in [5, 5.41) is 13.4. The number of hydrogen-bond acceptors (Lipinski definition) is 5. The summed E-state index contributed by atoms with van der Waals surface area (Å²) in [7, 11) is -2.88. The lowest BCUT2D eigenvalue weighted by Crippen LogP contribution is -2.26. The highest BCUT2D eigenvalue weighted by Gasteiger charge is 2.31. The largest absolute Gasteiger partial charge is 0.481 e. The van der Waals surface area contributed by atoms with Crippen LogP contribution in [0.15, 0.2) is 0 Å². The number of aromatic nitrogens is 3. The van der Waals surface area contributed by atoms with Crippen molar-refractivity contribution in [3.05, 3.63) is 11.6 Å². The Balaban J connectivity index is 1.70. The van der Waals surface area contributed by atoms with Gasteiger partial charge in [0, 0.05) is 19.4 Å². The predicted octanol–water partition coefficient (Wildman–Crippen LogP) is -0.0977. The van der Waals surface area contributed by atoms with Crippen molar-refractivity contribution in [2.45, 2.75) is 32.2 Å². The molecule has 2 atom stereocenters. The van der Waals surface area contributed by atoms with Crippen LogP contribution < -0.4 is 0 Å². The highest BCUT2D eigenvalue weighted by atomic mass is 32.2. The quantitative estimate of drug-likeness (QED) is 0.836. The molecule has 110 valence electrons. The molecule has 1 aromatic rings. The minimum atomic E-state index is -2.88. The van der Waals surface area contributed by atoms with E-state index in [1.807, 2.05) is 0 Å². The molecule has 1 aromatic heterocycles. The van der Waals surface area contributed by atoms with Crippen molar-refractivity contribution in [3.8, 4) is 0 Å². The van der Waals surface area contributed by atoms with Crippen LogP contribution in [0.2, 0.25) is 0 Å². The van der Waals surface area contributed by atoms with Gasteiger partial charge in [-0.3, -0.25) is 4.79 Å². The average molecular weight is 299 g/mol. The second kappa shape index (κ2) is 4.83. The minimum absolute atomic E-state index is 0.0970. The Morgan fingerprint density at radius 1 is 1.40 bits per heavy atom. The van der Waals surface area contributed by atoms with E-state index in [1.165, 1.54) is 0 Å². The zero-order valence-corrected chi connectivity index (χ0v) is 11.8. The number of aliphatic carboxylic acids is 1. The molecular formula is C12H17N3O4S. The summed E-state index contributed by atoms with van der Waals surface area (Å²) in [6.07, 6.45) is 2.22. The third kappa shape index (κ3) is 2.70. The van der Waals surface area contributed by atoms with Crippen molar-refractivity contribution in [2.24, 2.45) is 11.8 Å². The molecule has 0 amide bonds. The van der Waals surface area contributed by atoms with Crippen molar-refractivity contribution in [2.75, 3.05) is 11.5 Å². The Morgan fingerprint density at radius 3 is 2.85 bits per heavy atom. The molecule has 1 N–H and O–H groups in total. The number of hydrogen-bond donors (Lipinski definition) is 1. The Labute approximate surface area is 116 Å². The molecule has 7 nitrogen and oxygen atoms in total. The van der Waals surface area contributed by atoms with E-state index < -0.39 is 15.8 Å². The molecular weight excluding hydrogens is 282 g/mol. The van der Waals surface area contributed by atoms with Gasteiger partial charge in [0.05, 0.1) is 17.4 Å². The maximum atomic E-state index is 11.4. The molecule has 1 fully saturated rings. The van der Waals surface area contributed by atoms with E-state index in [9.17, 15) is 13.2 Å². The molecule has 20 heavy (non-hydrogen) atoms. The van der Waals surface area contributed by atoms with Crippen LogP contribution in [0.25, 0.3) is 0 Å². The van der Waals surface area contributed by atoms with E-state index in [0.717, 1.165) is 0 Å². The zero-order chi connectivity index (χ0) is 14.3. The smallest absolute Gasteiger partial charge is 0.307 e. The van der Waals surface area contributed by atoms with Gasteiger partial charge in [-0.05, 0) is 18.8 Å². The summed E-state index contributed by atoms with van der Waals surface area (Å²) >= 11 is 0. The highest BCUT2D eigenvalue weighted by molar-refractivity contribution is 7.91. The van der Waals surface area contributed by atoms with Crippen molar-refractivity contribution < 1.29 is 18.3 Å². The number of carboxylic acid groups (broad SMARTS) is 1. The minimum Gasteiger partial charge on any atom is -0.481 e. The number of nitrogens with zero attached hydrogens (tertiary/aromatic N) is 3. The average Bonchev–Trinajstić information content (AvgIpc) is 2.91. The monoisotopic (exact) mass is 299 g/mol. The van der Waals surface area contributed by atoms with Crippen molar-refractivity contribution in [3.63, 3.8) is 0 Å². The van der Waals surface area contributed by atoms with Gasteiger partial charge in [0.2, 0.25) is 0 Å². The molecule has 0 spiro atoms. The molecule has 2 aliphatic rings. The number of rotatable bonds is 3. The molecule has 3 rings (SSSR count). The molecule has 8 heteroatoms. The summed E-state index contributed by atoms with van der Waals surface area (Å²) in [4.78, 5) is 15.4. The molecule has 0 bridgehead atoms. The Morgan fingerprint density at radius 2 is 2.20 bits per heavy atom. The maximum absolute atomic E-state index is 11.4. The lowest BCUT2D eigenvalue weighted by atomic mass is 9.98. The third-order valence-electron chi connectivity index (χ3n) is 4.06. The Bertz CT molecular complexity index is 637. The van der Waals surface area contributed by atoms with E-state index >= 15 is 0 Å². The van der Waals surface area contributed by atoms with Gasteiger partial charge >= 0.3 is 5.97 Å². The lowest BCUT2D eigenvalue weighted by molar-refractivity contribution is -0.142. The Hall–Kier alpha value is -1.44. The molecule has 3 heterocycles. The molecule has 2 unspecified atom stereocenters. The van der Waals surface area contributed by atoms with Gasteiger partial charge in [-0.2, -0.15) is 5.10 Å². The topological polar surface area (TPSA) is 102 Å². The predicted molar refractivity (Wildman–Crippen MR) is 69.9 cm³/mol. The fourth-order valence-electron chi connectivity index (χ4n) is 2.95. The number of carboxylic acids is 1. The van der Waals surface area contributed by atoms with Gasteiger partial charge in [0.15, 0.2) is 15.7 Å². The fraction of sp³-hybridized carbons (Fsp3) is 0.750. The second-order valence-corrected chi connectivity index (χ2v) is 7.90. The number of sulfone groups is 1. The van der Waals surface area contributed by atoms with Gasteiger partial charge in [-0.1, -0.05) is 0 Å². The summed E-state index contributed by atoms with van der Waals surface area (Å²) in [5.74, 6) is 0.752. The Kier molecular flexibility index (Phi) is 3.27. The maximum Gasteiger partial charge on any atom is 0.307 e. The van der Waals surface area contributed by atoms with E-state index in [4.69, 9.17) is 5.11 Å². The van der Waals surface area contributed by atoms with Crippen LogP contribution in [-0.4, -0.2) is 45.8 Å². The second-order valence-electron chi connectivity index (χ2n) is 5.67. The van der Waals surface area contributed by atoms with E-state index in [1.54, 1.807) is 4.68 Å². The summed E-state index contributed by atoms with van der Waals surface area (Å²) < 4.78 is 24.6. The van der Waals surface area contributed by atoms with Crippen LogP contribution in [0, 0.1) is 11.8 Å². The summed E-state index contributed by atoms with van der Waals surface area (Å²) in [6.45, 7) is 0.572. The molecule has 0 saturated carbocycles. The van der Waals surface area contributed by atoms with Crippen LogP contribution >= 0.6 is 0 Å². The van der Waals surface area contributed by atoms with E-state index in [2.05, 4.69) is 10.1 Å². The lowest BCUT2D eigenvalue weighted by Gasteiger charge is -2.17. The molecule has 2 aliphatic heterocycles. The van der Waals surface area contributed by atoms with E-state index in [0.29, 0.717) is 43.9 Å². The van der Waals surface area contributed by atoms with Crippen LogP contribution in [0.4, 0.5) is 0 Å². The number of carbonyl (C=O) groups is 1. The first-order valence-electron chi connectivity index (χ1n) is 6.79. The van der Waals surface area contributed by atoms with Crippen LogP contribution in [0.3, 0.4) is 0 Å². The van der Waals surface area contributed by atoms with Crippen LogP contribution in [0.5, 0.6) is 0 Å². The first-order chi connectivity index (χ1) is 9.43. The van der Waals surface area contributed by atoms with Gasteiger partial charge in [0.1, 0.15) is 5.82 Å². The fourth-order valence-corrected chi connectivity index (χ4v) is 4.81. The molecule has 0 radical (unpaired) electrons. The highest BCUT2D eigenvalue weighted by Crippen LogP contribution is 2.23. The summed E-state index contributed by atoms with van der Waals surface area (Å²) in [5.41, 5.74) is 0. The normalized spacial score (nSPS) is 28.2. The molecule has 0 aromatic carbocycles. The van der Waals surface area contributed by atoms with Gasteiger partial charge < -0.3 is 5.11 Å². The molecule has 0 aliphatic carbocycles. The third-order valence-corrected chi connectivity index (χ3v) is 5.89. The number of aryl methyl sites for hydroxylation is 1. The van der Waals surface area contributed by atoms with Gasteiger partial charge in [0.25, 0.3) is 0 Å². The first kappa shape index (κ1) is 13.5. The number of fused-ring (bicyclic) bond motifs is 1. The summed E-state index contributed by atoms with van der Waals surface area (Å²) in [6, 6.07) is 0.